The van der Waals surface area contributed by atoms with Crippen LogP contribution >= 0.6 is 0 Å². The summed E-state index contributed by atoms with van der Waals surface area (Å²) in [5.74, 6) is -1.19. The summed E-state index contributed by atoms with van der Waals surface area (Å²) in [5.41, 5.74) is 0. The van der Waals surface area contributed by atoms with Gasteiger partial charge in [-0.25, -0.2) is 0 Å². The quantitative estimate of drug-likeness (QED) is 0.195. The van der Waals surface area contributed by atoms with Crippen LogP contribution in [0.3, 0.4) is 0 Å². The zero-order chi connectivity index (χ0) is 21.4. The molecule has 0 unspecified atom stereocenters. The molecule has 0 aromatic rings. The molecule has 0 rings (SSSR count). The molecule has 0 aliphatic carbocycles. The van der Waals surface area contributed by atoms with Crippen LogP contribution in [-0.2, 0) is 38.0 Å². The van der Waals surface area contributed by atoms with Gasteiger partial charge in [0, 0.05) is 19.4 Å². The number of ether oxygens (including phenoxy) is 6. The monoisotopic (exact) mass is 422 g/mol. The van der Waals surface area contributed by atoms with Gasteiger partial charge < -0.3 is 33.5 Å². The summed E-state index contributed by atoms with van der Waals surface area (Å²) in [6.45, 7) is 7.51. The normalized spacial score (nSPS) is 10.9. The van der Waals surface area contributed by atoms with Crippen molar-refractivity contribution in [2.24, 2.45) is 0 Å². The van der Waals surface area contributed by atoms with E-state index in [2.05, 4.69) is 6.92 Å². The van der Waals surface area contributed by atoms with Crippen LogP contribution in [-0.4, -0.2) is 89.7 Å². The first-order chi connectivity index (χ1) is 14.2. The molecule has 9 nitrogen and oxygen atoms in total. The van der Waals surface area contributed by atoms with E-state index in [0.717, 1.165) is 19.4 Å². The third-order valence-corrected chi connectivity index (χ3v) is 3.64. The summed E-state index contributed by atoms with van der Waals surface area (Å²) in [5, 5.41) is 8.49. The van der Waals surface area contributed by atoms with Gasteiger partial charge in [0.25, 0.3) is 0 Å². The van der Waals surface area contributed by atoms with E-state index in [4.69, 9.17) is 33.5 Å². The maximum Gasteiger partial charge on any atom is 0.305 e. The fourth-order valence-corrected chi connectivity index (χ4v) is 2.06. The minimum absolute atomic E-state index is 0.0732. The van der Waals surface area contributed by atoms with Crippen molar-refractivity contribution >= 4 is 11.9 Å². The molecular formula is C20H38O9. The van der Waals surface area contributed by atoms with Crippen molar-refractivity contribution in [1.82, 2.24) is 0 Å². The molecule has 0 fully saturated rings. The second-order valence-corrected chi connectivity index (χ2v) is 6.24. The Balaban J connectivity index is 3.11. The Bertz CT molecular complexity index is 377. The number of hydrogen-bond donors (Lipinski definition) is 1. The number of carbonyl (C=O) groups is 2. The first kappa shape index (κ1) is 27.7. The SMILES string of the molecule is CCCCOCCOCCOCCOCCOCCOC(=O)CCCCC(=O)O. The number of rotatable bonds is 23. The average Bonchev–Trinajstić information content (AvgIpc) is 2.70. The van der Waals surface area contributed by atoms with Crippen LogP contribution < -0.4 is 0 Å². The zero-order valence-corrected chi connectivity index (χ0v) is 17.7. The highest BCUT2D eigenvalue weighted by Crippen LogP contribution is 2.01. The highest BCUT2D eigenvalue weighted by atomic mass is 16.6. The van der Waals surface area contributed by atoms with Gasteiger partial charge in [-0.1, -0.05) is 13.3 Å². The first-order valence-electron chi connectivity index (χ1n) is 10.4. The van der Waals surface area contributed by atoms with E-state index in [9.17, 15) is 9.59 Å². The first-order valence-corrected chi connectivity index (χ1v) is 10.4. The largest absolute Gasteiger partial charge is 0.481 e. The average molecular weight is 423 g/mol. The summed E-state index contributed by atoms with van der Waals surface area (Å²) in [4.78, 5) is 21.7. The molecule has 1 N–H and O–H groups in total. The van der Waals surface area contributed by atoms with Crippen molar-refractivity contribution < 1.29 is 43.1 Å². The predicted molar refractivity (Wildman–Crippen MR) is 106 cm³/mol. The third-order valence-electron chi connectivity index (χ3n) is 3.64. The number of aliphatic carboxylic acids is 1. The molecular weight excluding hydrogens is 384 g/mol. The molecule has 9 heteroatoms. The number of hydrogen-bond acceptors (Lipinski definition) is 8. The number of carboxylic acid groups (broad SMARTS) is 1. The van der Waals surface area contributed by atoms with Crippen molar-refractivity contribution in [2.75, 3.05) is 72.7 Å². The predicted octanol–water partition coefficient (Wildman–Crippen LogP) is 2.06. The standard InChI is InChI=1S/C20H38O9/c1-2-3-8-24-9-10-25-11-12-26-13-14-27-15-16-28-17-18-29-20(23)7-5-4-6-19(21)22/h2-18H2,1H3,(H,21,22). The molecule has 0 saturated heterocycles. The smallest absolute Gasteiger partial charge is 0.305 e. The summed E-state index contributed by atoms with van der Waals surface area (Å²) >= 11 is 0. The van der Waals surface area contributed by atoms with Gasteiger partial charge in [0.15, 0.2) is 0 Å². The van der Waals surface area contributed by atoms with Crippen molar-refractivity contribution in [2.45, 2.75) is 45.4 Å². The Morgan fingerprint density at radius 1 is 0.586 bits per heavy atom. The maximum atomic E-state index is 11.4. The molecule has 0 spiro atoms. The van der Waals surface area contributed by atoms with E-state index in [1.165, 1.54) is 0 Å². The summed E-state index contributed by atoms with van der Waals surface area (Å²) < 4.78 is 31.8. The van der Waals surface area contributed by atoms with Gasteiger partial charge in [0.05, 0.1) is 59.5 Å². The van der Waals surface area contributed by atoms with Gasteiger partial charge in [-0.15, -0.1) is 0 Å². The van der Waals surface area contributed by atoms with Crippen LogP contribution in [0.1, 0.15) is 45.4 Å². The van der Waals surface area contributed by atoms with Crippen LogP contribution in [0.5, 0.6) is 0 Å². The van der Waals surface area contributed by atoms with Gasteiger partial charge in [0.2, 0.25) is 0 Å². The number of carboxylic acids is 1. The minimum Gasteiger partial charge on any atom is -0.481 e. The molecule has 0 aliphatic heterocycles. The second kappa shape index (κ2) is 23.0. The fourth-order valence-electron chi connectivity index (χ4n) is 2.06. The Kier molecular flexibility index (Phi) is 22.0. The molecule has 172 valence electrons. The maximum absolute atomic E-state index is 11.4. The number of carbonyl (C=O) groups excluding carboxylic acids is 1. The minimum atomic E-state index is -0.853. The summed E-state index contributed by atoms with van der Waals surface area (Å²) in [7, 11) is 0. The van der Waals surface area contributed by atoms with Crippen LogP contribution in [0.25, 0.3) is 0 Å². The van der Waals surface area contributed by atoms with Gasteiger partial charge >= 0.3 is 11.9 Å². The van der Waals surface area contributed by atoms with Crippen LogP contribution in [0.2, 0.25) is 0 Å². The molecule has 0 saturated carbocycles. The number of unbranched alkanes of at least 4 members (excludes halogenated alkanes) is 2. The lowest BCUT2D eigenvalue weighted by Gasteiger charge is -2.08. The molecule has 0 bridgehead atoms. The Labute approximate surface area is 173 Å². The lowest BCUT2D eigenvalue weighted by molar-refractivity contribution is -0.146. The topological polar surface area (TPSA) is 110 Å². The molecule has 0 aromatic heterocycles. The van der Waals surface area contributed by atoms with E-state index in [0.29, 0.717) is 72.3 Å². The molecule has 0 atom stereocenters. The van der Waals surface area contributed by atoms with Gasteiger partial charge in [-0.3, -0.25) is 9.59 Å². The molecule has 29 heavy (non-hydrogen) atoms. The van der Waals surface area contributed by atoms with Gasteiger partial charge in [-0.2, -0.15) is 0 Å². The third kappa shape index (κ3) is 24.7. The van der Waals surface area contributed by atoms with Crippen molar-refractivity contribution in [3.05, 3.63) is 0 Å². The zero-order valence-electron chi connectivity index (χ0n) is 17.7. The summed E-state index contributed by atoms with van der Waals surface area (Å²) in [6, 6.07) is 0. The highest BCUT2D eigenvalue weighted by Gasteiger charge is 2.04. The Hall–Kier alpha value is -1.26. The Morgan fingerprint density at radius 3 is 1.45 bits per heavy atom. The van der Waals surface area contributed by atoms with Crippen LogP contribution in [0.4, 0.5) is 0 Å². The lowest BCUT2D eigenvalue weighted by Crippen LogP contribution is -2.15. The van der Waals surface area contributed by atoms with Gasteiger partial charge in [0.1, 0.15) is 6.61 Å². The van der Waals surface area contributed by atoms with Crippen molar-refractivity contribution in [3.63, 3.8) is 0 Å². The molecule has 0 heterocycles. The molecule has 0 aromatic carbocycles. The van der Waals surface area contributed by atoms with Gasteiger partial charge in [-0.05, 0) is 19.3 Å². The van der Waals surface area contributed by atoms with Crippen LogP contribution in [0, 0.1) is 0 Å². The Morgan fingerprint density at radius 2 is 1.00 bits per heavy atom. The summed E-state index contributed by atoms with van der Waals surface area (Å²) in [6.07, 6.45) is 3.51. The molecule has 0 aliphatic rings. The van der Waals surface area contributed by atoms with Crippen LogP contribution in [0.15, 0.2) is 0 Å². The van der Waals surface area contributed by atoms with E-state index in [1.54, 1.807) is 0 Å². The molecule has 0 amide bonds. The second-order valence-electron chi connectivity index (χ2n) is 6.24. The van der Waals surface area contributed by atoms with E-state index >= 15 is 0 Å². The van der Waals surface area contributed by atoms with Crippen molar-refractivity contribution in [3.8, 4) is 0 Å². The number of esters is 1. The van der Waals surface area contributed by atoms with E-state index < -0.39 is 5.97 Å². The van der Waals surface area contributed by atoms with E-state index in [1.807, 2.05) is 0 Å². The lowest BCUT2D eigenvalue weighted by atomic mass is 10.2. The van der Waals surface area contributed by atoms with E-state index in [-0.39, 0.29) is 25.4 Å². The molecule has 0 radical (unpaired) electrons. The highest BCUT2D eigenvalue weighted by molar-refractivity contribution is 5.69. The van der Waals surface area contributed by atoms with Crippen molar-refractivity contribution in [1.29, 1.82) is 0 Å². The fraction of sp³-hybridized carbons (Fsp3) is 0.900.